The number of nitro groups is 1. The first kappa shape index (κ1) is 40.1. The fraction of sp³-hybridized carbons (Fsp3) is 0.390. The van der Waals surface area contributed by atoms with E-state index >= 15 is 0 Å². The Bertz CT molecular complexity index is 2400. The molecule has 3 N–H and O–H groups in total. The van der Waals surface area contributed by atoms with Crippen LogP contribution in [0, 0.1) is 21.4 Å². The van der Waals surface area contributed by atoms with Crippen molar-refractivity contribution in [3.05, 3.63) is 95.8 Å². The van der Waals surface area contributed by atoms with Crippen LogP contribution in [-0.4, -0.2) is 88.6 Å². The van der Waals surface area contributed by atoms with Crippen molar-refractivity contribution in [2.45, 2.75) is 75.4 Å². The Labute approximate surface area is 335 Å². The first-order valence-corrected chi connectivity index (χ1v) is 20.5. The molecule has 3 heterocycles. The lowest BCUT2D eigenvalue weighted by Crippen LogP contribution is -2.58. The highest BCUT2D eigenvalue weighted by atomic mass is 32.2. The predicted molar refractivity (Wildman–Crippen MR) is 215 cm³/mol. The summed E-state index contributed by atoms with van der Waals surface area (Å²) in [6.45, 7) is 9.07. The third-order valence-electron chi connectivity index (χ3n) is 10.8. The number of benzene rings is 2. The number of ether oxygens (including phenoxy) is 2. The highest BCUT2D eigenvalue weighted by Crippen LogP contribution is 2.46. The molecule has 3 fully saturated rings. The fourth-order valence-electron chi connectivity index (χ4n) is 7.35. The SMILES string of the molecule is C=C[C@@H]1C[C@]1(NC(=O)[C@@H]1C[C@@H](Oc2cc(-c3ccccc3)nc3cc(OC)ccc23)CN1C(=O)[C@@H](Nc1ccncc1[N+](=O)[O-])C(C)(C)C)C(=O)NS(=O)(=O)C1CC1. The first-order valence-electron chi connectivity index (χ1n) is 18.9. The van der Waals surface area contributed by atoms with Gasteiger partial charge < -0.3 is 25.0 Å². The number of hydrogen-bond donors (Lipinski definition) is 3. The molecule has 3 aliphatic rings. The van der Waals surface area contributed by atoms with E-state index in [1.807, 2.05) is 36.4 Å². The van der Waals surface area contributed by atoms with E-state index in [0.29, 0.717) is 40.9 Å². The van der Waals surface area contributed by atoms with Gasteiger partial charge in [-0.2, -0.15) is 0 Å². The molecule has 0 spiro atoms. The number of anilines is 1. The molecule has 2 aliphatic carbocycles. The number of fused-ring (bicyclic) bond motifs is 1. The fourth-order valence-corrected chi connectivity index (χ4v) is 8.72. The highest BCUT2D eigenvalue weighted by Gasteiger charge is 2.62. The van der Waals surface area contributed by atoms with Gasteiger partial charge in [-0.05, 0) is 42.9 Å². The Hall–Kier alpha value is -6.10. The number of pyridine rings is 2. The van der Waals surface area contributed by atoms with E-state index in [1.54, 1.807) is 46.1 Å². The molecule has 2 aromatic heterocycles. The molecule has 4 aromatic rings. The number of rotatable bonds is 14. The average molecular weight is 812 g/mol. The Balaban J connectivity index is 1.24. The van der Waals surface area contributed by atoms with Crippen molar-refractivity contribution < 1.29 is 37.2 Å². The lowest BCUT2D eigenvalue weighted by Gasteiger charge is -2.36. The minimum absolute atomic E-state index is 0.0126. The van der Waals surface area contributed by atoms with Gasteiger partial charge in [-0.25, -0.2) is 13.4 Å². The minimum Gasteiger partial charge on any atom is -0.497 e. The molecule has 7 rings (SSSR count). The quantitative estimate of drug-likeness (QED) is 0.0894. The van der Waals surface area contributed by atoms with Crippen LogP contribution in [0.5, 0.6) is 11.5 Å². The van der Waals surface area contributed by atoms with E-state index in [1.165, 1.54) is 23.2 Å². The average Bonchev–Trinajstić information content (AvgIpc) is 4.13. The molecule has 5 atom stereocenters. The van der Waals surface area contributed by atoms with Gasteiger partial charge in [0.1, 0.15) is 47.1 Å². The van der Waals surface area contributed by atoms with Crippen LogP contribution in [-0.2, 0) is 24.4 Å². The second-order valence-corrected chi connectivity index (χ2v) is 18.0. The summed E-state index contributed by atoms with van der Waals surface area (Å²) in [5.74, 6) is -1.65. The molecule has 16 nitrogen and oxygen atoms in total. The summed E-state index contributed by atoms with van der Waals surface area (Å²) in [6, 6.07) is 15.8. The summed E-state index contributed by atoms with van der Waals surface area (Å²) < 4.78 is 39.9. The molecule has 0 radical (unpaired) electrons. The zero-order valence-corrected chi connectivity index (χ0v) is 33.3. The number of carbonyl (C=O) groups excluding carboxylic acids is 3. The number of hydrogen-bond acceptors (Lipinski definition) is 12. The van der Waals surface area contributed by atoms with Crippen LogP contribution in [0.1, 0.15) is 46.5 Å². The molecule has 0 bridgehead atoms. The van der Waals surface area contributed by atoms with E-state index in [4.69, 9.17) is 14.5 Å². The first-order chi connectivity index (χ1) is 27.5. The summed E-state index contributed by atoms with van der Waals surface area (Å²) in [5.41, 5.74) is -0.685. The Morgan fingerprint density at radius 1 is 1.10 bits per heavy atom. The van der Waals surface area contributed by atoms with E-state index in [0.717, 1.165) is 11.8 Å². The van der Waals surface area contributed by atoms with Crippen LogP contribution >= 0.6 is 0 Å². The maximum Gasteiger partial charge on any atom is 0.310 e. The Morgan fingerprint density at radius 3 is 2.48 bits per heavy atom. The molecule has 17 heteroatoms. The number of methoxy groups -OCH3 is 1. The molecule has 0 unspecified atom stereocenters. The van der Waals surface area contributed by atoms with Gasteiger partial charge in [-0.1, -0.05) is 57.2 Å². The topological polar surface area (TPSA) is 212 Å². The standard InChI is InChI=1S/C41H45N7O9S/c1-6-25-21-41(25,39(51)46-58(54,55)28-13-14-28)45-37(49)33-19-27(23-47(33)38(50)36(40(2,3)4)44-30-16-17-42-22-34(30)48(52)53)57-35-20-31(24-10-8-7-9-11-24)43-32-18-26(56-5)12-15-29(32)35/h6-12,15-18,20,22,25,27-28,33,36H,1,13-14,19,21,23H2,2-5H3,(H,42,44)(H,45,49)(H,46,51)/t25-,27-,33+,36-,41-/m1/s1. The Morgan fingerprint density at radius 2 is 1.84 bits per heavy atom. The van der Waals surface area contributed by atoms with Gasteiger partial charge >= 0.3 is 5.69 Å². The maximum atomic E-state index is 14.9. The van der Waals surface area contributed by atoms with E-state index in [-0.39, 0.29) is 30.8 Å². The summed E-state index contributed by atoms with van der Waals surface area (Å²) in [6.07, 6.45) is 4.15. The lowest BCUT2D eigenvalue weighted by atomic mass is 9.85. The third kappa shape index (κ3) is 8.03. The molecular formula is C41H45N7O9S. The van der Waals surface area contributed by atoms with Crippen LogP contribution in [0.4, 0.5) is 11.4 Å². The van der Waals surface area contributed by atoms with Crippen molar-refractivity contribution in [3.63, 3.8) is 0 Å². The van der Waals surface area contributed by atoms with Crippen LogP contribution in [0.15, 0.2) is 85.7 Å². The monoisotopic (exact) mass is 811 g/mol. The summed E-state index contributed by atoms with van der Waals surface area (Å²) >= 11 is 0. The minimum atomic E-state index is -3.94. The van der Waals surface area contributed by atoms with Crippen molar-refractivity contribution in [3.8, 4) is 22.8 Å². The van der Waals surface area contributed by atoms with Crippen molar-refractivity contribution in [2.75, 3.05) is 19.0 Å². The van der Waals surface area contributed by atoms with E-state index in [9.17, 15) is 32.9 Å². The maximum absolute atomic E-state index is 14.9. The second-order valence-electron chi connectivity index (χ2n) is 16.0. The molecule has 1 aliphatic heterocycles. The van der Waals surface area contributed by atoms with E-state index < -0.39 is 73.0 Å². The Kier molecular flexibility index (Phi) is 10.6. The summed E-state index contributed by atoms with van der Waals surface area (Å²) in [4.78, 5) is 64.4. The molecular weight excluding hydrogens is 767 g/mol. The molecule has 2 aromatic carbocycles. The number of likely N-dealkylation sites (tertiary alicyclic amines) is 1. The lowest BCUT2D eigenvalue weighted by molar-refractivity contribution is -0.384. The largest absolute Gasteiger partial charge is 0.497 e. The second kappa shape index (κ2) is 15.3. The number of sulfonamides is 1. The van der Waals surface area contributed by atoms with Crippen LogP contribution in [0.2, 0.25) is 0 Å². The van der Waals surface area contributed by atoms with Crippen molar-refractivity contribution in [1.82, 2.24) is 24.9 Å². The molecule has 304 valence electrons. The summed E-state index contributed by atoms with van der Waals surface area (Å²) in [7, 11) is -2.38. The van der Waals surface area contributed by atoms with E-state index in [2.05, 4.69) is 26.9 Å². The predicted octanol–water partition coefficient (Wildman–Crippen LogP) is 4.76. The number of nitrogens with zero attached hydrogens (tertiary/aromatic N) is 4. The van der Waals surface area contributed by atoms with Crippen LogP contribution in [0.3, 0.4) is 0 Å². The summed E-state index contributed by atoms with van der Waals surface area (Å²) in [5, 5.41) is 17.8. The normalized spacial score (nSPS) is 22.1. The van der Waals surface area contributed by atoms with Crippen LogP contribution in [0.25, 0.3) is 22.2 Å². The van der Waals surface area contributed by atoms with Gasteiger partial charge in [0.25, 0.3) is 5.91 Å². The van der Waals surface area contributed by atoms with Gasteiger partial charge in [0.05, 0.1) is 35.0 Å². The number of nitrogens with one attached hydrogen (secondary N) is 3. The molecule has 58 heavy (non-hydrogen) atoms. The zero-order valence-electron chi connectivity index (χ0n) is 32.5. The van der Waals surface area contributed by atoms with Crippen molar-refractivity contribution >= 4 is 50.0 Å². The zero-order chi connectivity index (χ0) is 41.6. The number of aromatic nitrogens is 2. The third-order valence-corrected chi connectivity index (χ3v) is 12.7. The molecule has 2 saturated carbocycles. The van der Waals surface area contributed by atoms with Gasteiger partial charge in [0.15, 0.2) is 0 Å². The van der Waals surface area contributed by atoms with Gasteiger partial charge in [-0.3, -0.25) is 34.2 Å². The molecule has 1 saturated heterocycles. The van der Waals surface area contributed by atoms with Gasteiger partial charge in [0.2, 0.25) is 21.8 Å². The number of carbonyl (C=O) groups is 3. The van der Waals surface area contributed by atoms with Crippen molar-refractivity contribution in [2.24, 2.45) is 11.3 Å². The number of amides is 3. The van der Waals surface area contributed by atoms with Crippen LogP contribution < -0.4 is 24.8 Å². The highest BCUT2D eigenvalue weighted by molar-refractivity contribution is 7.91. The smallest absolute Gasteiger partial charge is 0.310 e. The van der Waals surface area contributed by atoms with Gasteiger partial charge in [0, 0.05) is 41.6 Å². The van der Waals surface area contributed by atoms with Crippen molar-refractivity contribution in [1.29, 1.82) is 0 Å². The van der Waals surface area contributed by atoms with Gasteiger partial charge in [-0.15, -0.1) is 6.58 Å². The molecule has 3 amide bonds.